The van der Waals surface area contributed by atoms with Gasteiger partial charge in [-0.05, 0) is 63.2 Å². The van der Waals surface area contributed by atoms with E-state index in [1.807, 2.05) is 0 Å². The molecule has 0 atom stereocenters. The second-order valence-electron chi connectivity index (χ2n) is 9.64. The first-order chi connectivity index (χ1) is 14.0. The van der Waals surface area contributed by atoms with Crippen LogP contribution in [0.4, 0.5) is 11.4 Å². The van der Waals surface area contributed by atoms with Crippen molar-refractivity contribution in [3.63, 3.8) is 0 Å². The molecular formula is C23H35N3O3. The van der Waals surface area contributed by atoms with Crippen LogP contribution in [-0.2, 0) is 4.79 Å². The standard InChI is InChI=1S/C23H35N3O3/c1-15-10-12-26(13-11-15)20-19(21(27)22(20)28)24-14-16-6-8-17(9-7-16)23(29)25-18-4-2-3-5-18/h15-18,24H,2-14H2,1H3,(H,25,29). The van der Waals surface area contributed by atoms with Crippen LogP contribution in [0.5, 0.6) is 0 Å². The lowest BCUT2D eigenvalue weighted by atomic mass is 9.81. The number of nitrogens with zero attached hydrogens (tertiary/aromatic N) is 1. The topological polar surface area (TPSA) is 78.5 Å². The molecule has 0 spiro atoms. The first kappa shape index (κ1) is 20.4. The van der Waals surface area contributed by atoms with Crippen molar-refractivity contribution in [2.45, 2.75) is 77.2 Å². The lowest BCUT2D eigenvalue weighted by Crippen LogP contribution is -2.46. The highest BCUT2D eigenvalue weighted by molar-refractivity contribution is 5.79. The lowest BCUT2D eigenvalue weighted by Gasteiger charge is -2.34. The minimum Gasteiger partial charge on any atom is -0.380 e. The summed E-state index contributed by atoms with van der Waals surface area (Å²) in [5.41, 5.74) is 0.467. The summed E-state index contributed by atoms with van der Waals surface area (Å²) in [4.78, 5) is 38.8. The van der Waals surface area contributed by atoms with Crippen molar-refractivity contribution < 1.29 is 4.79 Å². The number of carbonyl (C=O) groups is 1. The number of rotatable bonds is 6. The van der Waals surface area contributed by atoms with Gasteiger partial charge in [0.15, 0.2) is 0 Å². The van der Waals surface area contributed by atoms with Gasteiger partial charge in [-0.2, -0.15) is 0 Å². The third kappa shape index (κ3) is 4.51. The highest BCUT2D eigenvalue weighted by Crippen LogP contribution is 2.31. The first-order valence-corrected chi connectivity index (χ1v) is 11.7. The fraction of sp³-hybridized carbons (Fsp3) is 0.783. The van der Waals surface area contributed by atoms with Gasteiger partial charge < -0.3 is 15.5 Å². The summed E-state index contributed by atoms with van der Waals surface area (Å²) in [6.07, 6.45) is 10.7. The molecule has 2 saturated carbocycles. The van der Waals surface area contributed by atoms with Crippen LogP contribution in [0.3, 0.4) is 0 Å². The Kier molecular flexibility index (Phi) is 6.26. The van der Waals surface area contributed by atoms with Gasteiger partial charge in [0.2, 0.25) is 5.91 Å². The summed E-state index contributed by atoms with van der Waals surface area (Å²) in [5.74, 6) is 1.54. The number of carbonyl (C=O) groups excluding carboxylic acids is 1. The normalized spacial score (nSPS) is 26.7. The minimum absolute atomic E-state index is 0.142. The largest absolute Gasteiger partial charge is 0.380 e. The maximum atomic E-state index is 12.5. The van der Waals surface area contributed by atoms with Gasteiger partial charge in [-0.1, -0.05) is 19.8 Å². The van der Waals surface area contributed by atoms with Crippen LogP contribution >= 0.6 is 0 Å². The van der Waals surface area contributed by atoms with Crippen LogP contribution in [0, 0.1) is 17.8 Å². The number of nitrogens with one attached hydrogen (secondary N) is 2. The molecular weight excluding hydrogens is 366 g/mol. The predicted molar refractivity (Wildman–Crippen MR) is 116 cm³/mol. The summed E-state index contributed by atoms with van der Waals surface area (Å²) in [7, 11) is 0. The Morgan fingerprint density at radius 3 is 2.24 bits per heavy atom. The predicted octanol–water partition coefficient (Wildman–Crippen LogP) is 2.80. The van der Waals surface area contributed by atoms with E-state index in [9.17, 15) is 14.4 Å². The monoisotopic (exact) mass is 401 g/mol. The average Bonchev–Trinajstić information content (AvgIpc) is 3.25. The molecule has 0 unspecified atom stereocenters. The molecule has 160 valence electrons. The van der Waals surface area contributed by atoms with Crippen molar-refractivity contribution in [3.8, 4) is 0 Å². The van der Waals surface area contributed by atoms with E-state index in [1.165, 1.54) is 12.8 Å². The Morgan fingerprint density at radius 2 is 1.59 bits per heavy atom. The molecule has 0 radical (unpaired) electrons. The van der Waals surface area contributed by atoms with Crippen LogP contribution in [0.15, 0.2) is 9.59 Å². The second kappa shape index (κ2) is 8.88. The van der Waals surface area contributed by atoms with Crippen LogP contribution in [0.2, 0.25) is 0 Å². The summed E-state index contributed by atoms with van der Waals surface area (Å²) < 4.78 is 0. The van der Waals surface area contributed by atoms with E-state index in [-0.39, 0.29) is 22.7 Å². The summed E-state index contributed by atoms with van der Waals surface area (Å²) in [6.45, 7) is 4.69. The molecule has 1 heterocycles. The number of hydrogen-bond acceptors (Lipinski definition) is 5. The summed E-state index contributed by atoms with van der Waals surface area (Å²) in [5, 5.41) is 6.54. The smallest absolute Gasteiger partial charge is 0.253 e. The van der Waals surface area contributed by atoms with Gasteiger partial charge in [-0.15, -0.1) is 0 Å². The van der Waals surface area contributed by atoms with Gasteiger partial charge in [0.1, 0.15) is 11.4 Å². The van der Waals surface area contributed by atoms with Gasteiger partial charge in [-0.3, -0.25) is 14.4 Å². The first-order valence-electron chi connectivity index (χ1n) is 11.7. The van der Waals surface area contributed by atoms with E-state index < -0.39 is 0 Å². The van der Waals surface area contributed by atoms with E-state index in [0.29, 0.717) is 29.3 Å². The van der Waals surface area contributed by atoms with Gasteiger partial charge in [0.05, 0.1) is 0 Å². The highest BCUT2D eigenvalue weighted by atomic mass is 16.2. The minimum atomic E-state index is -0.358. The maximum Gasteiger partial charge on any atom is 0.253 e. The Balaban J connectivity index is 1.25. The van der Waals surface area contributed by atoms with Crippen LogP contribution in [0.1, 0.15) is 71.1 Å². The molecule has 6 heteroatoms. The molecule has 29 heavy (non-hydrogen) atoms. The molecule has 1 aliphatic heterocycles. The zero-order chi connectivity index (χ0) is 20.4. The fourth-order valence-electron chi connectivity index (χ4n) is 5.34. The molecule has 1 saturated heterocycles. The zero-order valence-corrected chi connectivity index (χ0v) is 17.7. The van der Waals surface area contributed by atoms with Crippen molar-refractivity contribution in [3.05, 3.63) is 20.4 Å². The molecule has 2 N–H and O–H groups in total. The van der Waals surface area contributed by atoms with E-state index in [1.54, 1.807) is 0 Å². The molecule has 6 nitrogen and oxygen atoms in total. The summed E-state index contributed by atoms with van der Waals surface area (Å²) >= 11 is 0. The zero-order valence-electron chi connectivity index (χ0n) is 17.7. The quantitative estimate of drug-likeness (QED) is 0.717. The Morgan fingerprint density at radius 1 is 0.931 bits per heavy atom. The number of amides is 1. The SMILES string of the molecule is CC1CCN(c2c(NCC3CCC(C(=O)NC4CCCC4)CC3)c(=O)c2=O)CC1. The lowest BCUT2D eigenvalue weighted by molar-refractivity contribution is -0.126. The third-order valence-electron chi connectivity index (χ3n) is 7.47. The van der Waals surface area contributed by atoms with Gasteiger partial charge >= 0.3 is 0 Å². The van der Waals surface area contributed by atoms with Crippen molar-refractivity contribution in [1.29, 1.82) is 0 Å². The van der Waals surface area contributed by atoms with Crippen molar-refractivity contribution in [2.24, 2.45) is 17.8 Å². The van der Waals surface area contributed by atoms with Crippen LogP contribution in [-0.4, -0.2) is 31.6 Å². The Hall–Kier alpha value is -1.85. The van der Waals surface area contributed by atoms with Crippen molar-refractivity contribution in [1.82, 2.24) is 5.32 Å². The van der Waals surface area contributed by atoms with Crippen LogP contribution < -0.4 is 26.4 Å². The van der Waals surface area contributed by atoms with Crippen LogP contribution in [0.25, 0.3) is 0 Å². The van der Waals surface area contributed by atoms with Crippen molar-refractivity contribution in [2.75, 3.05) is 29.9 Å². The molecule has 0 aromatic heterocycles. The fourth-order valence-corrected chi connectivity index (χ4v) is 5.34. The molecule has 4 rings (SSSR count). The molecule has 3 fully saturated rings. The summed E-state index contributed by atoms with van der Waals surface area (Å²) in [6, 6.07) is 0.396. The molecule has 0 bridgehead atoms. The molecule has 1 amide bonds. The number of piperidine rings is 1. The van der Waals surface area contributed by atoms with Gasteiger partial charge in [0.25, 0.3) is 10.9 Å². The van der Waals surface area contributed by atoms with E-state index in [4.69, 9.17) is 0 Å². The molecule has 2 aliphatic carbocycles. The molecule has 1 aromatic carbocycles. The van der Waals surface area contributed by atoms with Gasteiger partial charge in [0, 0.05) is 31.6 Å². The Labute approximate surface area is 173 Å². The molecule has 3 aliphatic rings. The highest BCUT2D eigenvalue weighted by Gasteiger charge is 2.31. The number of hydrogen-bond donors (Lipinski definition) is 2. The Bertz CT molecular complexity index is 776. The maximum absolute atomic E-state index is 12.5. The van der Waals surface area contributed by atoms with E-state index >= 15 is 0 Å². The van der Waals surface area contributed by atoms with Crippen molar-refractivity contribution >= 4 is 17.3 Å². The van der Waals surface area contributed by atoms with E-state index in [0.717, 1.165) is 71.0 Å². The second-order valence-corrected chi connectivity index (χ2v) is 9.64. The van der Waals surface area contributed by atoms with E-state index in [2.05, 4.69) is 22.5 Å². The van der Waals surface area contributed by atoms with Gasteiger partial charge in [-0.25, -0.2) is 0 Å². The molecule has 1 aromatic rings. The number of anilines is 2. The third-order valence-corrected chi connectivity index (χ3v) is 7.47. The average molecular weight is 402 g/mol.